The minimum atomic E-state index is -0.812. The van der Waals surface area contributed by atoms with Crippen LogP contribution >= 0.6 is 0 Å². The zero-order chi connectivity index (χ0) is 33.8. The molecule has 7 N–H and O–H groups in total. The van der Waals surface area contributed by atoms with E-state index in [0.717, 1.165) is 41.0 Å². The number of rotatable bonds is 18. The highest BCUT2D eigenvalue weighted by Crippen LogP contribution is 2.33. The van der Waals surface area contributed by atoms with E-state index in [4.69, 9.17) is 9.47 Å². The molecule has 4 aromatic carbocycles. The lowest BCUT2D eigenvalue weighted by atomic mass is 10.0. The number of hydrogen-bond acceptors (Lipinski definition) is 9. The summed E-state index contributed by atoms with van der Waals surface area (Å²) < 4.78 is 10.5. The molecule has 4 aromatic rings. The quantitative estimate of drug-likeness (QED) is 0.0567. The molecule has 10 nitrogen and oxygen atoms in total. The van der Waals surface area contributed by atoms with Gasteiger partial charge in [0, 0.05) is 25.2 Å². The number of anilines is 2. The molecule has 0 saturated heterocycles. The molecule has 4 rings (SSSR count). The van der Waals surface area contributed by atoms with Crippen molar-refractivity contribution in [2.75, 3.05) is 37.9 Å². The van der Waals surface area contributed by atoms with Crippen molar-refractivity contribution in [3.8, 4) is 23.0 Å². The number of ether oxygens (including phenoxy) is 2. The molecule has 0 aliphatic heterocycles. The van der Waals surface area contributed by atoms with E-state index in [1.807, 2.05) is 48.5 Å². The van der Waals surface area contributed by atoms with E-state index in [1.54, 1.807) is 44.6 Å². The summed E-state index contributed by atoms with van der Waals surface area (Å²) in [6.07, 6.45) is 1.27. The van der Waals surface area contributed by atoms with Crippen molar-refractivity contribution >= 4 is 17.8 Å². The average molecular weight is 643 g/mol. The summed E-state index contributed by atoms with van der Waals surface area (Å²) in [6.45, 7) is 4.95. The molecular weight excluding hydrogens is 596 g/mol. The van der Waals surface area contributed by atoms with Crippen LogP contribution in [0.15, 0.2) is 84.9 Å². The molecule has 0 aliphatic carbocycles. The fraction of sp³-hybridized carbons (Fsp3) is 0.324. The van der Waals surface area contributed by atoms with E-state index in [1.165, 1.54) is 6.07 Å². The number of phenols is 2. The molecule has 0 aliphatic rings. The highest BCUT2D eigenvalue weighted by Gasteiger charge is 2.19. The zero-order valence-corrected chi connectivity index (χ0v) is 27.4. The van der Waals surface area contributed by atoms with Gasteiger partial charge in [-0.15, -0.1) is 0 Å². The van der Waals surface area contributed by atoms with Gasteiger partial charge in [-0.3, -0.25) is 4.79 Å². The Morgan fingerprint density at radius 3 is 1.70 bits per heavy atom. The Balaban J connectivity index is 1.46. The van der Waals surface area contributed by atoms with Crippen molar-refractivity contribution < 1.29 is 29.6 Å². The molecule has 0 unspecified atom stereocenters. The van der Waals surface area contributed by atoms with Gasteiger partial charge < -0.3 is 46.1 Å². The van der Waals surface area contributed by atoms with Crippen LogP contribution in [0.3, 0.4) is 0 Å². The number of phenolic OH excluding ortho intramolecular Hbond substituents is 2. The first-order valence-corrected chi connectivity index (χ1v) is 15.7. The van der Waals surface area contributed by atoms with Crippen LogP contribution < -0.4 is 30.7 Å². The average Bonchev–Trinajstić information content (AvgIpc) is 3.08. The Morgan fingerprint density at radius 1 is 0.681 bits per heavy atom. The van der Waals surface area contributed by atoms with Gasteiger partial charge in [-0.2, -0.15) is 0 Å². The van der Waals surface area contributed by atoms with Gasteiger partial charge in [-0.05, 0) is 97.5 Å². The highest BCUT2D eigenvalue weighted by molar-refractivity contribution is 5.75. The largest absolute Gasteiger partial charge is 0.506 e. The molecule has 0 heterocycles. The highest BCUT2D eigenvalue weighted by atomic mass is 16.5. The van der Waals surface area contributed by atoms with Crippen LogP contribution in [0.2, 0.25) is 0 Å². The number of nitrogens with one attached hydrogen (secondary N) is 4. The van der Waals surface area contributed by atoms with Crippen molar-refractivity contribution in [3.05, 3.63) is 107 Å². The Morgan fingerprint density at radius 2 is 1.17 bits per heavy atom. The number of methoxy groups -OCH3 is 2. The lowest BCUT2D eigenvalue weighted by Gasteiger charge is -2.25. The van der Waals surface area contributed by atoms with Gasteiger partial charge in [0.05, 0.1) is 37.7 Å². The van der Waals surface area contributed by atoms with Crippen LogP contribution in [-0.4, -0.2) is 61.1 Å². The smallest absolute Gasteiger partial charge is 0.211 e. The van der Waals surface area contributed by atoms with Gasteiger partial charge in [0.2, 0.25) is 6.41 Å². The topological polar surface area (TPSA) is 144 Å². The lowest BCUT2D eigenvalue weighted by molar-refractivity contribution is -0.105. The third-order valence-electron chi connectivity index (χ3n) is 8.10. The standard InChI is InChI=1S/C37H46N4O6/c1-24(17-26-5-11-30(46-3)12-6-26)38-21-34(28-9-15-35(43)32(19-28)40-23-42)41-33-20-29(10-16-36(33)44)37(45)22-39-25(2)18-27-7-13-31(47-4)14-8-27/h5-16,19-20,23-25,34,37-39,41,43-45H,17-18,21-22H2,1-4H3,(H,40,42)/t24-,25-,34-,37+/m1/s1. The maximum absolute atomic E-state index is 11.2. The van der Waals surface area contributed by atoms with Gasteiger partial charge in [0.25, 0.3) is 0 Å². The molecule has 0 spiro atoms. The summed E-state index contributed by atoms with van der Waals surface area (Å²) in [6, 6.07) is 25.7. The lowest BCUT2D eigenvalue weighted by Crippen LogP contribution is -2.34. The number of carbonyl (C=O) groups is 1. The first-order chi connectivity index (χ1) is 22.7. The van der Waals surface area contributed by atoms with Gasteiger partial charge >= 0.3 is 0 Å². The zero-order valence-electron chi connectivity index (χ0n) is 27.4. The Bertz CT molecular complexity index is 1560. The molecule has 250 valence electrons. The molecule has 0 saturated carbocycles. The van der Waals surface area contributed by atoms with E-state index >= 15 is 0 Å². The molecular formula is C37H46N4O6. The van der Waals surface area contributed by atoms with E-state index in [0.29, 0.717) is 30.8 Å². The molecule has 0 aromatic heterocycles. The SMILES string of the molecule is COc1ccc(C[C@@H](C)NC[C@H](O)c2ccc(O)c(N[C@H](CN[C@H](C)Cc3ccc(OC)cc3)c3ccc(O)c(NC=O)c3)c2)cc1. The Kier molecular flexibility index (Phi) is 12.9. The van der Waals surface area contributed by atoms with Crippen LogP contribution in [0.4, 0.5) is 11.4 Å². The van der Waals surface area contributed by atoms with Gasteiger partial charge in [-0.25, -0.2) is 0 Å². The summed E-state index contributed by atoms with van der Waals surface area (Å²) >= 11 is 0. The van der Waals surface area contributed by atoms with Crippen molar-refractivity contribution in [3.63, 3.8) is 0 Å². The summed E-state index contributed by atoms with van der Waals surface area (Å²) in [5.74, 6) is 1.59. The van der Waals surface area contributed by atoms with Gasteiger partial charge in [-0.1, -0.05) is 36.4 Å². The summed E-state index contributed by atoms with van der Waals surface area (Å²) in [4.78, 5) is 11.2. The van der Waals surface area contributed by atoms with Crippen LogP contribution in [0.1, 0.15) is 48.2 Å². The molecule has 4 atom stereocenters. The molecule has 1 amide bonds. The number of hydrogen-bond donors (Lipinski definition) is 7. The minimum Gasteiger partial charge on any atom is -0.506 e. The molecule has 47 heavy (non-hydrogen) atoms. The van der Waals surface area contributed by atoms with E-state index in [2.05, 4.69) is 35.1 Å². The van der Waals surface area contributed by atoms with Crippen molar-refractivity contribution in [2.45, 2.75) is 50.9 Å². The minimum absolute atomic E-state index is 0.0306. The number of aromatic hydroxyl groups is 2. The molecule has 10 heteroatoms. The summed E-state index contributed by atoms with van der Waals surface area (Å²) in [7, 11) is 3.28. The number of benzene rings is 4. The van der Waals surface area contributed by atoms with Crippen LogP contribution in [0.5, 0.6) is 23.0 Å². The summed E-state index contributed by atoms with van der Waals surface area (Å²) in [5, 5.41) is 45.1. The van der Waals surface area contributed by atoms with Gasteiger partial charge in [0.1, 0.15) is 23.0 Å². The second-order valence-electron chi connectivity index (χ2n) is 11.8. The summed E-state index contributed by atoms with van der Waals surface area (Å²) in [5.41, 5.74) is 4.46. The molecule has 0 radical (unpaired) electrons. The van der Waals surface area contributed by atoms with Crippen molar-refractivity contribution in [1.82, 2.24) is 10.6 Å². The molecule has 0 bridgehead atoms. The Hall–Kier alpha value is -4.77. The van der Waals surface area contributed by atoms with E-state index in [-0.39, 0.29) is 35.3 Å². The third-order valence-corrected chi connectivity index (χ3v) is 8.10. The Labute approximate surface area is 276 Å². The number of aliphatic hydroxyl groups excluding tert-OH is 1. The van der Waals surface area contributed by atoms with Crippen molar-refractivity contribution in [2.24, 2.45) is 0 Å². The second-order valence-corrected chi connectivity index (χ2v) is 11.8. The third kappa shape index (κ3) is 10.4. The number of amides is 1. The van der Waals surface area contributed by atoms with Crippen LogP contribution in [0.25, 0.3) is 0 Å². The maximum atomic E-state index is 11.2. The first kappa shape index (κ1) is 35.1. The predicted molar refractivity (Wildman–Crippen MR) is 186 cm³/mol. The van der Waals surface area contributed by atoms with Crippen LogP contribution in [0, 0.1) is 0 Å². The number of carbonyl (C=O) groups excluding carboxylic acids is 1. The van der Waals surface area contributed by atoms with Crippen molar-refractivity contribution in [1.29, 1.82) is 0 Å². The molecule has 0 fully saturated rings. The predicted octanol–water partition coefficient (Wildman–Crippen LogP) is 5.31. The normalized spacial score (nSPS) is 13.6. The fourth-order valence-electron chi connectivity index (χ4n) is 5.39. The van der Waals surface area contributed by atoms with Crippen LogP contribution in [-0.2, 0) is 17.6 Å². The first-order valence-electron chi connectivity index (χ1n) is 15.7. The second kappa shape index (κ2) is 17.2. The fourth-order valence-corrected chi connectivity index (χ4v) is 5.39. The maximum Gasteiger partial charge on any atom is 0.211 e. The monoisotopic (exact) mass is 642 g/mol. The van der Waals surface area contributed by atoms with Gasteiger partial charge in [0.15, 0.2) is 0 Å². The van der Waals surface area contributed by atoms with E-state index < -0.39 is 6.10 Å². The number of aliphatic hydroxyl groups is 1. The van der Waals surface area contributed by atoms with E-state index in [9.17, 15) is 20.1 Å².